The van der Waals surface area contributed by atoms with Crippen LogP contribution in [-0.4, -0.2) is 17.1 Å². The number of benzene rings is 1. The quantitative estimate of drug-likeness (QED) is 0.929. The van der Waals surface area contributed by atoms with Crippen molar-refractivity contribution in [1.82, 2.24) is 9.97 Å². The van der Waals surface area contributed by atoms with Crippen LogP contribution >= 0.6 is 11.6 Å². The molecule has 0 atom stereocenters. The molecule has 1 aromatic heterocycles. The third-order valence-corrected chi connectivity index (χ3v) is 2.58. The highest BCUT2D eigenvalue weighted by atomic mass is 35.5. The lowest BCUT2D eigenvalue weighted by atomic mass is 10.2. The molecule has 0 fully saturated rings. The van der Waals surface area contributed by atoms with Gasteiger partial charge in [-0.05, 0) is 18.2 Å². The van der Waals surface area contributed by atoms with Crippen molar-refractivity contribution >= 4 is 17.4 Å². The lowest BCUT2D eigenvalue weighted by Gasteiger charge is -2.06. The molecule has 2 rings (SSSR count). The van der Waals surface area contributed by atoms with Crippen molar-refractivity contribution in [1.29, 1.82) is 0 Å². The Labute approximate surface area is 109 Å². The molecular formula is C12H11ClFN3O. The SMILES string of the molecule is COCc1cc(N)nc(-c2ccc(Cl)c(F)c2)n1. The van der Waals surface area contributed by atoms with Crippen LogP contribution in [0.4, 0.5) is 10.2 Å². The van der Waals surface area contributed by atoms with Gasteiger partial charge >= 0.3 is 0 Å². The molecule has 94 valence electrons. The monoisotopic (exact) mass is 267 g/mol. The fraction of sp³-hybridized carbons (Fsp3) is 0.167. The molecular weight excluding hydrogens is 257 g/mol. The van der Waals surface area contributed by atoms with Crippen LogP contribution in [0.15, 0.2) is 24.3 Å². The molecule has 0 spiro atoms. The molecule has 18 heavy (non-hydrogen) atoms. The maximum Gasteiger partial charge on any atom is 0.161 e. The Hall–Kier alpha value is -1.72. The zero-order valence-corrected chi connectivity index (χ0v) is 10.4. The van der Waals surface area contributed by atoms with Gasteiger partial charge in [-0.3, -0.25) is 0 Å². The number of nitrogens with zero attached hydrogens (tertiary/aromatic N) is 2. The maximum atomic E-state index is 13.4. The second kappa shape index (κ2) is 5.29. The van der Waals surface area contributed by atoms with Gasteiger partial charge in [-0.2, -0.15) is 0 Å². The van der Waals surface area contributed by atoms with Gasteiger partial charge in [0.25, 0.3) is 0 Å². The molecule has 2 aromatic rings. The first kappa shape index (κ1) is 12.7. The van der Waals surface area contributed by atoms with Gasteiger partial charge in [0, 0.05) is 18.7 Å². The van der Waals surface area contributed by atoms with E-state index in [4.69, 9.17) is 22.1 Å². The Balaban J connectivity index is 2.46. The van der Waals surface area contributed by atoms with Crippen LogP contribution in [0.3, 0.4) is 0 Å². The summed E-state index contributed by atoms with van der Waals surface area (Å²) in [7, 11) is 1.56. The number of nitrogens with two attached hydrogens (primary N) is 1. The topological polar surface area (TPSA) is 61.0 Å². The number of nitrogen functional groups attached to an aromatic ring is 1. The normalized spacial score (nSPS) is 10.6. The summed E-state index contributed by atoms with van der Waals surface area (Å²) in [5, 5.41) is 0.0553. The Morgan fingerprint density at radius 3 is 2.78 bits per heavy atom. The molecule has 0 aliphatic heterocycles. The summed E-state index contributed by atoms with van der Waals surface area (Å²) in [6.45, 7) is 0.315. The first-order valence-electron chi connectivity index (χ1n) is 5.18. The van der Waals surface area contributed by atoms with Crippen LogP contribution in [0.5, 0.6) is 0 Å². The van der Waals surface area contributed by atoms with Crippen molar-refractivity contribution < 1.29 is 9.13 Å². The lowest BCUT2D eigenvalue weighted by molar-refractivity contribution is 0.181. The highest BCUT2D eigenvalue weighted by Crippen LogP contribution is 2.22. The number of rotatable bonds is 3. The minimum atomic E-state index is -0.520. The van der Waals surface area contributed by atoms with Gasteiger partial charge in [-0.25, -0.2) is 14.4 Å². The molecule has 4 nitrogen and oxygen atoms in total. The Bertz CT molecular complexity index is 577. The van der Waals surface area contributed by atoms with Gasteiger partial charge in [0.2, 0.25) is 0 Å². The third-order valence-electron chi connectivity index (χ3n) is 2.27. The van der Waals surface area contributed by atoms with Crippen LogP contribution < -0.4 is 5.73 Å². The zero-order valence-electron chi connectivity index (χ0n) is 9.65. The summed E-state index contributed by atoms with van der Waals surface area (Å²) in [4.78, 5) is 8.30. The Morgan fingerprint density at radius 1 is 1.33 bits per heavy atom. The van der Waals surface area contributed by atoms with Crippen LogP contribution in [0, 0.1) is 5.82 Å². The van der Waals surface area contributed by atoms with Crippen LogP contribution in [0.2, 0.25) is 5.02 Å². The molecule has 0 aliphatic rings. The average Bonchev–Trinajstić information content (AvgIpc) is 2.32. The molecule has 0 aliphatic carbocycles. The van der Waals surface area contributed by atoms with Gasteiger partial charge in [0.15, 0.2) is 5.82 Å². The number of hydrogen-bond donors (Lipinski definition) is 1. The number of methoxy groups -OCH3 is 1. The predicted octanol–water partition coefficient (Wildman–Crippen LogP) is 2.66. The van der Waals surface area contributed by atoms with E-state index in [0.29, 0.717) is 29.5 Å². The van der Waals surface area contributed by atoms with Gasteiger partial charge in [-0.1, -0.05) is 11.6 Å². The predicted molar refractivity (Wildman–Crippen MR) is 67.6 cm³/mol. The molecule has 0 saturated heterocycles. The van der Waals surface area contributed by atoms with Gasteiger partial charge in [-0.15, -0.1) is 0 Å². The molecule has 1 heterocycles. The fourth-order valence-electron chi connectivity index (χ4n) is 1.50. The van der Waals surface area contributed by atoms with E-state index in [1.165, 1.54) is 12.1 Å². The molecule has 0 amide bonds. The molecule has 6 heteroatoms. The minimum Gasteiger partial charge on any atom is -0.384 e. The van der Waals surface area contributed by atoms with Crippen molar-refractivity contribution in [3.8, 4) is 11.4 Å². The first-order chi connectivity index (χ1) is 8.60. The van der Waals surface area contributed by atoms with E-state index in [9.17, 15) is 4.39 Å². The molecule has 0 saturated carbocycles. The lowest BCUT2D eigenvalue weighted by Crippen LogP contribution is -2.01. The highest BCUT2D eigenvalue weighted by molar-refractivity contribution is 6.30. The van der Waals surface area contributed by atoms with E-state index < -0.39 is 5.82 Å². The molecule has 1 aromatic carbocycles. The number of halogens is 2. The van der Waals surface area contributed by atoms with E-state index >= 15 is 0 Å². The van der Waals surface area contributed by atoms with Crippen molar-refractivity contribution in [2.75, 3.05) is 12.8 Å². The first-order valence-corrected chi connectivity index (χ1v) is 5.55. The van der Waals surface area contributed by atoms with Gasteiger partial charge in [0.05, 0.1) is 17.3 Å². The number of hydrogen-bond acceptors (Lipinski definition) is 4. The minimum absolute atomic E-state index is 0.0553. The molecule has 0 unspecified atom stereocenters. The van der Waals surface area contributed by atoms with E-state index in [-0.39, 0.29) is 5.02 Å². The van der Waals surface area contributed by atoms with Crippen LogP contribution in [0.1, 0.15) is 5.69 Å². The Kier molecular flexibility index (Phi) is 3.74. The van der Waals surface area contributed by atoms with Crippen molar-refractivity contribution in [3.05, 3.63) is 40.8 Å². The summed E-state index contributed by atoms with van der Waals surface area (Å²) in [6.07, 6.45) is 0. The zero-order chi connectivity index (χ0) is 13.1. The van der Waals surface area contributed by atoms with E-state index in [2.05, 4.69) is 9.97 Å². The molecule has 0 radical (unpaired) electrons. The maximum absolute atomic E-state index is 13.4. The van der Waals surface area contributed by atoms with Crippen molar-refractivity contribution in [2.24, 2.45) is 0 Å². The Morgan fingerprint density at radius 2 is 2.11 bits per heavy atom. The smallest absolute Gasteiger partial charge is 0.161 e. The molecule has 0 bridgehead atoms. The third kappa shape index (κ3) is 2.75. The highest BCUT2D eigenvalue weighted by Gasteiger charge is 2.08. The summed E-state index contributed by atoms with van der Waals surface area (Å²) < 4.78 is 18.3. The van der Waals surface area contributed by atoms with E-state index in [0.717, 1.165) is 0 Å². The fourth-order valence-corrected chi connectivity index (χ4v) is 1.62. The van der Waals surface area contributed by atoms with E-state index in [1.54, 1.807) is 19.2 Å². The van der Waals surface area contributed by atoms with Gasteiger partial charge in [0.1, 0.15) is 11.6 Å². The summed E-state index contributed by atoms with van der Waals surface area (Å²) in [6, 6.07) is 5.97. The van der Waals surface area contributed by atoms with Crippen molar-refractivity contribution in [2.45, 2.75) is 6.61 Å². The standard InChI is InChI=1S/C12H11ClFN3O/c1-18-6-8-5-11(15)17-12(16-8)7-2-3-9(13)10(14)4-7/h2-5H,6H2,1H3,(H2,15,16,17). The van der Waals surface area contributed by atoms with Gasteiger partial charge < -0.3 is 10.5 Å². The summed E-state index contributed by atoms with van der Waals surface area (Å²) in [5.41, 5.74) is 6.82. The number of anilines is 1. The average molecular weight is 268 g/mol. The number of ether oxygens (including phenoxy) is 1. The largest absolute Gasteiger partial charge is 0.384 e. The van der Waals surface area contributed by atoms with Crippen LogP contribution in [-0.2, 0) is 11.3 Å². The second-order valence-corrected chi connectivity index (χ2v) is 4.08. The molecule has 2 N–H and O–H groups in total. The second-order valence-electron chi connectivity index (χ2n) is 3.67. The van der Waals surface area contributed by atoms with Crippen molar-refractivity contribution in [3.63, 3.8) is 0 Å². The van der Waals surface area contributed by atoms with Crippen LogP contribution in [0.25, 0.3) is 11.4 Å². The summed E-state index contributed by atoms with van der Waals surface area (Å²) in [5.74, 6) is 0.133. The summed E-state index contributed by atoms with van der Waals surface area (Å²) >= 11 is 5.62. The van der Waals surface area contributed by atoms with E-state index in [1.807, 2.05) is 0 Å². The number of aromatic nitrogens is 2.